The van der Waals surface area contributed by atoms with Gasteiger partial charge in [-0.2, -0.15) is 0 Å². The van der Waals surface area contributed by atoms with Crippen LogP contribution in [0.5, 0.6) is 5.88 Å². The Morgan fingerprint density at radius 2 is 1.85 bits per heavy atom. The molecule has 3 aromatic rings. The molecule has 210 valence electrons. The van der Waals surface area contributed by atoms with Gasteiger partial charge in [-0.25, -0.2) is 28.2 Å². The molecular formula is C29H38N4O5S. The van der Waals surface area contributed by atoms with Crippen molar-refractivity contribution in [3.05, 3.63) is 47.4 Å². The predicted molar refractivity (Wildman–Crippen MR) is 153 cm³/mol. The van der Waals surface area contributed by atoms with E-state index in [2.05, 4.69) is 34.1 Å². The predicted octanol–water partition coefficient (Wildman–Crippen LogP) is 5.75. The smallest absolute Gasteiger partial charge is 0.340 e. The van der Waals surface area contributed by atoms with Crippen LogP contribution >= 0.6 is 0 Å². The number of sulfone groups is 1. The Morgan fingerprint density at radius 3 is 2.54 bits per heavy atom. The summed E-state index contributed by atoms with van der Waals surface area (Å²) >= 11 is 0. The molecule has 0 fully saturated rings. The highest BCUT2D eigenvalue weighted by atomic mass is 32.2. The number of fused-ring (bicyclic) bond motifs is 2. The molecule has 0 unspecified atom stereocenters. The van der Waals surface area contributed by atoms with Crippen molar-refractivity contribution < 1.29 is 22.7 Å². The molecular weight excluding hydrogens is 516 g/mol. The van der Waals surface area contributed by atoms with Gasteiger partial charge in [-0.15, -0.1) is 0 Å². The number of hydrogen-bond acceptors (Lipinski definition) is 9. The molecule has 0 radical (unpaired) electrons. The lowest BCUT2D eigenvalue weighted by molar-refractivity contribution is -0.00714. The van der Waals surface area contributed by atoms with E-state index >= 15 is 0 Å². The average molecular weight is 555 g/mol. The molecule has 3 aromatic heterocycles. The Balaban J connectivity index is 1.67. The number of nitrogens with one attached hydrogen (secondary N) is 1. The Labute approximate surface area is 230 Å². The lowest BCUT2D eigenvalue weighted by Crippen LogP contribution is -2.36. The first-order chi connectivity index (χ1) is 18.3. The monoisotopic (exact) mass is 554 g/mol. The molecule has 0 amide bonds. The number of esters is 1. The van der Waals surface area contributed by atoms with Crippen molar-refractivity contribution >= 4 is 38.2 Å². The highest BCUT2D eigenvalue weighted by Crippen LogP contribution is 2.35. The van der Waals surface area contributed by atoms with Gasteiger partial charge in [0.05, 0.1) is 28.0 Å². The number of ether oxygens (including phenoxy) is 2. The van der Waals surface area contributed by atoms with Crippen LogP contribution < -0.4 is 10.1 Å². The maximum atomic E-state index is 12.3. The normalized spacial score (nSPS) is 17.2. The second-order valence-corrected chi connectivity index (χ2v) is 13.7. The van der Waals surface area contributed by atoms with Crippen LogP contribution in [0, 0.1) is 0 Å². The summed E-state index contributed by atoms with van der Waals surface area (Å²) in [7, 11) is -3.16. The number of anilines is 2. The van der Waals surface area contributed by atoms with Crippen LogP contribution in [0.2, 0.25) is 0 Å². The van der Waals surface area contributed by atoms with Crippen molar-refractivity contribution in [1.29, 1.82) is 0 Å². The van der Waals surface area contributed by atoms with Gasteiger partial charge in [-0.3, -0.25) is 0 Å². The standard InChI is InChI=1S/C29H38N4O5S/c1-8-9-17(2)22-15-31-27(37-18(3)12-19(4)39(7,35)36)23-16-30-26(13-21(22)23)33-25-11-10-20-24(32-25)14-29(5,6)38-28(20)34/h10-11,13,15-19H,8-9,12,14H2,1-7H3,(H,30,32,33)/t17-,18-,19-/m1/s1. The van der Waals surface area contributed by atoms with Crippen LogP contribution in [-0.2, 0) is 21.0 Å². The maximum absolute atomic E-state index is 12.3. The Bertz CT molecular complexity index is 1490. The van der Waals surface area contributed by atoms with Crippen molar-refractivity contribution in [3.8, 4) is 5.88 Å². The van der Waals surface area contributed by atoms with E-state index in [9.17, 15) is 13.2 Å². The number of pyridine rings is 3. The van der Waals surface area contributed by atoms with E-state index in [-0.39, 0.29) is 18.0 Å². The summed E-state index contributed by atoms with van der Waals surface area (Å²) in [6.45, 7) is 11.6. The molecule has 9 nitrogen and oxygen atoms in total. The summed E-state index contributed by atoms with van der Waals surface area (Å²) < 4.78 is 35.4. The van der Waals surface area contributed by atoms with Gasteiger partial charge in [0.1, 0.15) is 27.1 Å². The third kappa shape index (κ3) is 6.66. The fraction of sp³-hybridized carbons (Fsp3) is 0.517. The largest absolute Gasteiger partial charge is 0.474 e. The Kier molecular flexibility index (Phi) is 8.16. The molecule has 0 aliphatic carbocycles. The number of carbonyl (C=O) groups excluding carboxylic acids is 1. The van der Waals surface area contributed by atoms with Crippen LogP contribution in [0.1, 0.15) is 88.3 Å². The molecule has 1 aliphatic rings. The van der Waals surface area contributed by atoms with Crippen LogP contribution in [-0.4, -0.2) is 52.5 Å². The maximum Gasteiger partial charge on any atom is 0.340 e. The van der Waals surface area contributed by atoms with E-state index < -0.39 is 20.7 Å². The summed E-state index contributed by atoms with van der Waals surface area (Å²) in [4.78, 5) is 26.3. The van der Waals surface area contributed by atoms with Gasteiger partial charge >= 0.3 is 5.97 Å². The molecule has 0 saturated heterocycles. The second kappa shape index (κ2) is 11.1. The highest BCUT2D eigenvalue weighted by molar-refractivity contribution is 7.91. The minimum atomic E-state index is -3.16. The van der Waals surface area contributed by atoms with E-state index in [0.717, 1.165) is 29.2 Å². The van der Waals surface area contributed by atoms with Crippen LogP contribution in [0.3, 0.4) is 0 Å². The number of cyclic esters (lactones) is 1. The summed E-state index contributed by atoms with van der Waals surface area (Å²) in [5.74, 6) is 1.53. The molecule has 39 heavy (non-hydrogen) atoms. The van der Waals surface area contributed by atoms with Crippen LogP contribution in [0.25, 0.3) is 10.8 Å². The first-order valence-electron chi connectivity index (χ1n) is 13.4. The molecule has 4 rings (SSSR count). The van der Waals surface area contributed by atoms with E-state index in [4.69, 9.17) is 9.47 Å². The molecule has 4 heterocycles. The van der Waals surface area contributed by atoms with Crippen molar-refractivity contribution in [2.24, 2.45) is 0 Å². The fourth-order valence-corrected chi connectivity index (χ4v) is 5.54. The van der Waals surface area contributed by atoms with E-state index in [0.29, 0.717) is 41.6 Å². The van der Waals surface area contributed by atoms with Gasteiger partial charge < -0.3 is 14.8 Å². The molecule has 0 aromatic carbocycles. The van der Waals surface area contributed by atoms with Crippen molar-refractivity contribution in [2.75, 3.05) is 11.6 Å². The minimum absolute atomic E-state index is 0.270. The van der Waals surface area contributed by atoms with Crippen molar-refractivity contribution in [3.63, 3.8) is 0 Å². The Hall–Kier alpha value is -3.27. The van der Waals surface area contributed by atoms with Gasteiger partial charge in [0, 0.05) is 31.5 Å². The van der Waals surface area contributed by atoms with Gasteiger partial charge in [0.2, 0.25) is 5.88 Å². The third-order valence-electron chi connectivity index (χ3n) is 7.14. The van der Waals surface area contributed by atoms with E-state index in [1.54, 1.807) is 25.3 Å². The van der Waals surface area contributed by atoms with Gasteiger partial charge in [-0.05, 0) is 69.2 Å². The number of hydrogen-bond donors (Lipinski definition) is 1. The van der Waals surface area contributed by atoms with E-state index in [1.165, 1.54) is 6.26 Å². The number of rotatable bonds is 10. The number of carbonyl (C=O) groups is 1. The lowest BCUT2D eigenvalue weighted by atomic mass is 9.94. The topological polar surface area (TPSA) is 120 Å². The first-order valence-corrected chi connectivity index (χ1v) is 15.4. The zero-order chi connectivity index (χ0) is 28.5. The van der Waals surface area contributed by atoms with Crippen LogP contribution in [0.4, 0.5) is 11.6 Å². The van der Waals surface area contributed by atoms with E-state index in [1.807, 2.05) is 33.0 Å². The van der Waals surface area contributed by atoms with Crippen LogP contribution in [0.15, 0.2) is 30.6 Å². The quantitative estimate of drug-likeness (QED) is 0.312. The first kappa shape index (κ1) is 28.7. The lowest BCUT2D eigenvalue weighted by Gasteiger charge is -2.30. The molecule has 3 atom stereocenters. The molecule has 0 bridgehead atoms. The van der Waals surface area contributed by atoms with Gasteiger partial charge in [0.25, 0.3) is 0 Å². The fourth-order valence-electron chi connectivity index (χ4n) is 4.92. The summed E-state index contributed by atoms with van der Waals surface area (Å²) in [6.07, 6.45) is 7.39. The molecule has 0 spiro atoms. The third-order valence-corrected chi connectivity index (χ3v) is 8.79. The Morgan fingerprint density at radius 1 is 1.10 bits per heavy atom. The zero-order valence-electron chi connectivity index (χ0n) is 23.7. The van der Waals surface area contributed by atoms with Crippen molar-refractivity contribution in [2.45, 2.75) is 90.1 Å². The number of nitrogens with zero attached hydrogens (tertiary/aromatic N) is 3. The van der Waals surface area contributed by atoms with Gasteiger partial charge in [-0.1, -0.05) is 20.3 Å². The van der Waals surface area contributed by atoms with Crippen molar-refractivity contribution in [1.82, 2.24) is 15.0 Å². The molecule has 1 N–H and O–H groups in total. The molecule has 10 heteroatoms. The summed E-state index contributed by atoms with van der Waals surface area (Å²) in [5.41, 5.74) is 1.65. The summed E-state index contributed by atoms with van der Waals surface area (Å²) in [5, 5.41) is 4.50. The molecule has 0 saturated carbocycles. The molecule has 1 aliphatic heterocycles. The second-order valence-electron chi connectivity index (χ2n) is 11.3. The minimum Gasteiger partial charge on any atom is -0.474 e. The highest BCUT2D eigenvalue weighted by Gasteiger charge is 2.33. The SMILES string of the molecule is CCC[C@@H](C)c1cnc(O[C@H](C)C[C@@H](C)S(C)(=O)=O)c2cnc(Nc3ccc4c(n3)CC(C)(C)OC4=O)cc12. The van der Waals surface area contributed by atoms with Gasteiger partial charge in [0.15, 0.2) is 0 Å². The average Bonchev–Trinajstić information content (AvgIpc) is 2.82. The zero-order valence-corrected chi connectivity index (χ0v) is 24.6. The summed E-state index contributed by atoms with van der Waals surface area (Å²) in [6, 6.07) is 5.44. The number of aromatic nitrogens is 3.